The highest BCUT2D eigenvalue weighted by atomic mass is 79.9. The molecule has 0 heterocycles. The van der Waals surface area contributed by atoms with Gasteiger partial charge in [-0.15, -0.1) is 0 Å². The summed E-state index contributed by atoms with van der Waals surface area (Å²) in [5, 5.41) is 3.08. The molecule has 184 valence electrons. The Kier molecular flexibility index (Phi) is 9.91. The van der Waals surface area contributed by atoms with Crippen LogP contribution in [0.3, 0.4) is 0 Å². The number of aryl methyl sites for hydroxylation is 1. The molecule has 0 aliphatic rings. The lowest BCUT2D eigenvalue weighted by Gasteiger charge is -2.32. The van der Waals surface area contributed by atoms with Crippen molar-refractivity contribution in [3.8, 4) is 5.75 Å². The molecule has 3 aromatic carbocycles. The average Bonchev–Trinajstić information content (AvgIpc) is 2.87. The number of benzene rings is 3. The number of nitrogens with one attached hydrogen (secondary N) is 1. The van der Waals surface area contributed by atoms with E-state index in [0.717, 1.165) is 27.6 Å². The first-order chi connectivity index (χ1) is 16.9. The van der Waals surface area contributed by atoms with Crippen LogP contribution in [0.2, 0.25) is 0 Å². The summed E-state index contributed by atoms with van der Waals surface area (Å²) in [5.41, 5.74) is 2.97. The van der Waals surface area contributed by atoms with Gasteiger partial charge in [-0.2, -0.15) is 0 Å². The van der Waals surface area contributed by atoms with Crippen molar-refractivity contribution in [2.24, 2.45) is 0 Å². The highest BCUT2D eigenvalue weighted by Crippen LogP contribution is 2.22. The third-order valence-corrected chi connectivity index (χ3v) is 6.85. The lowest BCUT2D eigenvalue weighted by Crippen LogP contribution is -2.53. The van der Waals surface area contributed by atoms with Crippen molar-refractivity contribution in [2.75, 3.05) is 6.61 Å². The predicted molar refractivity (Wildman–Crippen MR) is 143 cm³/mol. The van der Waals surface area contributed by atoms with E-state index in [9.17, 15) is 9.59 Å². The molecule has 0 bridgehead atoms. The van der Waals surface area contributed by atoms with Crippen molar-refractivity contribution in [1.82, 2.24) is 10.2 Å². The second-order valence-electron chi connectivity index (χ2n) is 8.73. The first-order valence-electron chi connectivity index (χ1n) is 11.9. The number of rotatable bonds is 11. The third-order valence-electron chi connectivity index (χ3n) is 5.96. The van der Waals surface area contributed by atoms with E-state index in [-0.39, 0.29) is 24.5 Å². The van der Waals surface area contributed by atoms with Gasteiger partial charge in [-0.25, -0.2) is 0 Å². The normalized spacial score (nSPS) is 12.5. The molecule has 0 aliphatic carbocycles. The van der Waals surface area contributed by atoms with E-state index in [1.54, 1.807) is 4.90 Å². The number of hydrogen-bond acceptors (Lipinski definition) is 3. The van der Waals surface area contributed by atoms with Crippen molar-refractivity contribution >= 4 is 27.7 Å². The number of nitrogens with zero attached hydrogens (tertiary/aromatic N) is 1. The molecule has 0 unspecified atom stereocenters. The van der Waals surface area contributed by atoms with Crippen molar-refractivity contribution < 1.29 is 14.3 Å². The Morgan fingerprint density at radius 2 is 1.60 bits per heavy atom. The Balaban J connectivity index is 1.89. The zero-order valence-electron chi connectivity index (χ0n) is 20.5. The molecule has 0 aromatic heterocycles. The molecule has 2 amide bonds. The van der Waals surface area contributed by atoms with Crippen LogP contribution in [0, 0.1) is 6.92 Å². The summed E-state index contributed by atoms with van der Waals surface area (Å²) in [6, 6.07) is 24.5. The maximum atomic E-state index is 13.6. The summed E-state index contributed by atoms with van der Waals surface area (Å²) in [4.78, 5) is 28.7. The summed E-state index contributed by atoms with van der Waals surface area (Å²) < 4.78 is 6.84. The van der Waals surface area contributed by atoms with Gasteiger partial charge in [0, 0.05) is 23.5 Å². The largest absolute Gasteiger partial charge is 0.484 e. The first kappa shape index (κ1) is 26.5. The third kappa shape index (κ3) is 7.96. The summed E-state index contributed by atoms with van der Waals surface area (Å²) in [7, 11) is 0. The average molecular weight is 537 g/mol. The minimum absolute atomic E-state index is 0.0106. The Morgan fingerprint density at radius 3 is 2.20 bits per heavy atom. The van der Waals surface area contributed by atoms with Crippen LogP contribution >= 0.6 is 15.9 Å². The van der Waals surface area contributed by atoms with Gasteiger partial charge in [0.25, 0.3) is 5.91 Å². The van der Waals surface area contributed by atoms with Gasteiger partial charge >= 0.3 is 0 Å². The molecule has 0 fully saturated rings. The standard InChI is InChI=1S/C29H33BrN2O3/c1-4-22(3)31-29(34)27(18-23-11-7-5-8-12-23)32(19-24-13-9-6-10-14-24)28(33)20-35-25-15-16-26(30)21(2)17-25/h5-17,22,27H,4,18-20H2,1-3H3,(H,31,34)/t22-,27+/m0/s1. The lowest BCUT2D eigenvalue weighted by atomic mass is 10.0. The monoisotopic (exact) mass is 536 g/mol. The smallest absolute Gasteiger partial charge is 0.261 e. The lowest BCUT2D eigenvalue weighted by molar-refractivity contribution is -0.143. The number of hydrogen-bond donors (Lipinski definition) is 1. The minimum atomic E-state index is -0.672. The molecular weight excluding hydrogens is 504 g/mol. The molecule has 0 spiro atoms. The molecule has 0 aliphatic heterocycles. The molecule has 0 saturated heterocycles. The fraction of sp³-hybridized carbons (Fsp3) is 0.310. The van der Waals surface area contributed by atoms with Gasteiger partial charge in [-0.1, -0.05) is 83.5 Å². The van der Waals surface area contributed by atoms with E-state index >= 15 is 0 Å². The molecule has 2 atom stereocenters. The van der Waals surface area contributed by atoms with Crippen molar-refractivity contribution in [2.45, 2.75) is 52.2 Å². The van der Waals surface area contributed by atoms with Crippen LogP contribution in [0.1, 0.15) is 37.0 Å². The Hall–Kier alpha value is -3.12. The fourth-order valence-electron chi connectivity index (χ4n) is 3.71. The van der Waals surface area contributed by atoms with Gasteiger partial charge in [-0.3, -0.25) is 9.59 Å². The fourth-order valence-corrected chi connectivity index (χ4v) is 3.96. The van der Waals surface area contributed by atoms with Crippen LogP contribution in [0.4, 0.5) is 0 Å². The van der Waals surface area contributed by atoms with Crippen LogP contribution in [0.5, 0.6) is 5.75 Å². The molecule has 35 heavy (non-hydrogen) atoms. The quantitative estimate of drug-likeness (QED) is 0.342. The molecule has 6 heteroatoms. The molecule has 3 aromatic rings. The highest BCUT2D eigenvalue weighted by molar-refractivity contribution is 9.10. The second-order valence-corrected chi connectivity index (χ2v) is 9.58. The van der Waals surface area contributed by atoms with Gasteiger partial charge in [0.2, 0.25) is 5.91 Å². The first-order valence-corrected chi connectivity index (χ1v) is 12.7. The van der Waals surface area contributed by atoms with Crippen LogP contribution in [0.25, 0.3) is 0 Å². The van der Waals surface area contributed by atoms with Gasteiger partial charge in [0.05, 0.1) is 0 Å². The summed E-state index contributed by atoms with van der Waals surface area (Å²) >= 11 is 3.49. The van der Waals surface area contributed by atoms with E-state index in [4.69, 9.17) is 4.74 Å². The van der Waals surface area contributed by atoms with Crippen LogP contribution in [-0.4, -0.2) is 35.4 Å². The van der Waals surface area contributed by atoms with E-state index in [2.05, 4.69) is 21.2 Å². The molecule has 0 saturated carbocycles. The SMILES string of the molecule is CC[C@H](C)NC(=O)[C@@H](Cc1ccccc1)N(Cc1ccccc1)C(=O)COc1ccc(Br)c(C)c1. The van der Waals surface area contributed by atoms with Crippen LogP contribution in [-0.2, 0) is 22.6 Å². The van der Waals surface area contributed by atoms with E-state index in [0.29, 0.717) is 18.7 Å². The topological polar surface area (TPSA) is 58.6 Å². The maximum Gasteiger partial charge on any atom is 0.261 e. The van der Waals surface area contributed by atoms with Gasteiger partial charge in [-0.05, 0) is 55.2 Å². The van der Waals surface area contributed by atoms with Crippen molar-refractivity contribution in [1.29, 1.82) is 0 Å². The summed E-state index contributed by atoms with van der Waals surface area (Å²) in [6.07, 6.45) is 1.22. The van der Waals surface area contributed by atoms with E-state index < -0.39 is 6.04 Å². The maximum absolute atomic E-state index is 13.6. The van der Waals surface area contributed by atoms with Crippen molar-refractivity contribution in [3.63, 3.8) is 0 Å². The number of amides is 2. The zero-order chi connectivity index (χ0) is 25.2. The number of ether oxygens (including phenoxy) is 1. The van der Waals surface area contributed by atoms with Gasteiger partial charge in [0.1, 0.15) is 11.8 Å². The predicted octanol–water partition coefficient (Wildman–Crippen LogP) is 5.69. The van der Waals surface area contributed by atoms with Crippen molar-refractivity contribution in [3.05, 3.63) is 100 Å². The molecular formula is C29H33BrN2O3. The number of halogens is 1. The van der Waals surface area contributed by atoms with E-state index in [1.165, 1.54) is 0 Å². The highest BCUT2D eigenvalue weighted by Gasteiger charge is 2.31. The molecule has 3 rings (SSSR count). The Labute approximate surface area is 216 Å². The van der Waals surface area contributed by atoms with Crippen LogP contribution < -0.4 is 10.1 Å². The molecule has 0 radical (unpaired) electrons. The molecule has 5 nitrogen and oxygen atoms in total. The summed E-state index contributed by atoms with van der Waals surface area (Å²) in [5.74, 6) is 0.212. The minimum Gasteiger partial charge on any atom is -0.484 e. The Bertz CT molecular complexity index is 1110. The summed E-state index contributed by atoms with van der Waals surface area (Å²) in [6.45, 7) is 6.12. The zero-order valence-corrected chi connectivity index (χ0v) is 22.1. The number of carbonyl (C=O) groups is 2. The van der Waals surface area contributed by atoms with E-state index in [1.807, 2.05) is 99.6 Å². The Morgan fingerprint density at radius 1 is 0.971 bits per heavy atom. The second kappa shape index (κ2) is 13.1. The van der Waals surface area contributed by atoms with Gasteiger partial charge in [0.15, 0.2) is 6.61 Å². The van der Waals surface area contributed by atoms with Gasteiger partial charge < -0.3 is 15.0 Å². The molecule has 1 N–H and O–H groups in total. The van der Waals surface area contributed by atoms with Crippen LogP contribution in [0.15, 0.2) is 83.3 Å². The number of carbonyl (C=O) groups excluding carboxylic acids is 2.